The number of nitrogens with zero attached hydrogens (tertiary/aromatic N) is 2. The highest BCUT2D eigenvalue weighted by atomic mass is 79.9. The van der Waals surface area contributed by atoms with Gasteiger partial charge in [-0.3, -0.25) is 0 Å². The molecule has 2 rings (SSSR count). The van der Waals surface area contributed by atoms with Gasteiger partial charge in [-0.15, -0.1) is 0 Å². The minimum atomic E-state index is 0.735. The van der Waals surface area contributed by atoms with Crippen LogP contribution in [0.15, 0.2) is 35.3 Å². The van der Waals surface area contributed by atoms with E-state index in [2.05, 4.69) is 25.8 Å². The molecule has 1 aliphatic heterocycles. The number of alkyl halides is 1. The largest absolute Gasteiger partial charge is 0.463 e. The van der Waals surface area contributed by atoms with Crippen LogP contribution in [0.5, 0.6) is 0 Å². The zero-order valence-electron chi connectivity index (χ0n) is 8.40. The number of halogens is 1. The molecule has 1 aliphatic rings. The number of para-hydroxylation sites is 1. The van der Waals surface area contributed by atoms with Crippen LogP contribution < -0.4 is 0 Å². The van der Waals surface area contributed by atoms with Crippen LogP contribution in [0.4, 0.5) is 5.69 Å². The molecule has 1 saturated heterocycles. The minimum Gasteiger partial charge on any atom is -0.463 e. The summed E-state index contributed by atoms with van der Waals surface area (Å²) in [5.74, 6) is 0. The summed E-state index contributed by atoms with van der Waals surface area (Å²) in [6.07, 6.45) is 0. The molecule has 0 bridgehead atoms. The first-order valence-electron chi connectivity index (χ1n) is 4.97. The van der Waals surface area contributed by atoms with Gasteiger partial charge >= 0.3 is 0 Å². The van der Waals surface area contributed by atoms with E-state index in [1.165, 1.54) is 0 Å². The van der Waals surface area contributed by atoms with Crippen LogP contribution in [0, 0.1) is 0 Å². The molecule has 1 aromatic rings. The summed E-state index contributed by atoms with van der Waals surface area (Å²) in [6, 6.07) is 10.6. The van der Waals surface area contributed by atoms with E-state index in [0.29, 0.717) is 0 Å². The fraction of sp³-hybridized carbons (Fsp3) is 0.364. The Kier molecular flexibility index (Phi) is 3.61. The van der Waals surface area contributed by atoms with Crippen LogP contribution in [-0.2, 0) is 4.74 Å². The van der Waals surface area contributed by atoms with Crippen molar-refractivity contribution in [2.24, 2.45) is 4.99 Å². The predicted octanol–water partition coefficient (Wildman–Crippen LogP) is 2.40. The Morgan fingerprint density at radius 2 is 2.13 bits per heavy atom. The molecule has 1 heterocycles. The molecule has 0 unspecified atom stereocenters. The number of hydrogen-bond donors (Lipinski definition) is 0. The third-order valence-corrected chi connectivity index (χ3v) is 2.55. The zero-order chi connectivity index (χ0) is 10.5. The molecule has 0 saturated carbocycles. The molecule has 0 N–H and O–H groups in total. The second-order valence-corrected chi connectivity index (χ2v) is 4.05. The third kappa shape index (κ3) is 2.72. The van der Waals surface area contributed by atoms with Gasteiger partial charge in [0, 0.05) is 11.9 Å². The zero-order valence-corrected chi connectivity index (χ0v) is 9.98. The Bertz CT molecular complexity index is 340. The second-order valence-electron chi connectivity index (χ2n) is 3.25. The topological polar surface area (TPSA) is 24.8 Å². The molecular formula is C11H13BrN2O. The second kappa shape index (κ2) is 5.16. The van der Waals surface area contributed by atoms with Gasteiger partial charge in [0.2, 0.25) is 0 Å². The van der Waals surface area contributed by atoms with Crippen LogP contribution in [0.1, 0.15) is 0 Å². The number of ether oxygens (including phenoxy) is 1. The average Bonchev–Trinajstić information content (AvgIpc) is 2.68. The molecule has 4 heteroatoms. The molecule has 0 atom stereocenters. The molecule has 1 fully saturated rings. The Labute approximate surface area is 97.9 Å². The monoisotopic (exact) mass is 268 g/mol. The first-order chi connectivity index (χ1) is 7.40. The van der Waals surface area contributed by atoms with Crippen LogP contribution in [0.2, 0.25) is 0 Å². The van der Waals surface area contributed by atoms with Crippen molar-refractivity contribution in [2.75, 3.05) is 25.0 Å². The van der Waals surface area contributed by atoms with Crippen molar-refractivity contribution in [3.05, 3.63) is 30.3 Å². The fourth-order valence-corrected chi connectivity index (χ4v) is 1.89. The molecular weight excluding hydrogens is 256 g/mol. The maximum Gasteiger partial charge on any atom is 0.292 e. The SMILES string of the molecule is BrCCN1CCOC1=Nc1ccccc1. The van der Waals surface area contributed by atoms with Gasteiger partial charge in [0.15, 0.2) is 0 Å². The van der Waals surface area contributed by atoms with Gasteiger partial charge in [0.05, 0.1) is 12.2 Å². The summed E-state index contributed by atoms with van der Waals surface area (Å²) < 4.78 is 5.48. The highest BCUT2D eigenvalue weighted by Gasteiger charge is 2.19. The Morgan fingerprint density at radius 1 is 1.33 bits per heavy atom. The van der Waals surface area contributed by atoms with Crippen molar-refractivity contribution >= 4 is 27.6 Å². The highest BCUT2D eigenvalue weighted by Crippen LogP contribution is 2.14. The van der Waals surface area contributed by atoms with E-state index in [9.17, 15) is 0 Å². The fourth-order valence-electron chi connectivity index (χ4n) is 1.46. The normalized spacial score (nSPS) is 18.2. The number of rotatable bonds is 3. The highest BCUT2D eigenvalue weighted by molar-refractivity contribution is 9.09. The van der Waals surface area contributed by atoms with Crippen LogP contribution >= 0.6 is 15.9 Å². The lowest BCUT2D eigenvalue weighted by Gasteiger charge is -2.13. The Balaban J connectivity index is 2.12. The van der Waals surface area contributed by atoms with Gasteiger partial charge in [0.1, 0.15) is 6.61 Å². The summed E-state index contributed by atoms with van der Waals surface area (Å²) >= 11 is 3.42. The molecule has 0 spiro atoms. The lowest BCUT2D eigenvalue weighted by Crippen LogP contribution is -2.27. The average molecular weight is 269 g/mol. The number of benzene rings is 1. The van der Waals surface area contributed by atoms with Crippen molar-refractivity contribution in [1.29, 1.82) is 0 Å². The molecule has 3 nitrogen and oxygen atoms in total. The molecule has 15 heavy (non-hydrogen) atoms. The number of amidine groups is 1. The molecule has 0 aliphatic carbocycles. The maximum atomic E-state index is 5.48. The van der Waals surface area contributed by atoms with Crippen molar-refractivity contribution in [3.63, 3.8) is 0 Å². The van der Waals surface area contributed by atoms with Crippen molar-refractivity contribution in [3.8, 4) is 0 Å². The third-order valence-electron chi connectivity index (χ3n) is 2.20. The van der Waals surface area contributed by atoms with E-state index in [1.54, 1.807) is 0 Å². The van der Waals surface area contributed by atoms with Crippen LogP contribution in [0.25, 0.3) is 0 Å². The smallest absolute Gasteiger partial charge is 0.292 e. The Hall–Kier alpha value is -1.03. The van der Waals surface area contributed by atoms with Gasteiger partial charge in [-0.1, -0.05) is 34.1 Å². The minimum absolute atomic E-state index is 0.735. The van der Waals surface area contributed by atoms with Gasteiger partial charge < -0.3 is 9.64 Å². The Morgan fingerprint density at radius 3 is 2.87 bits per heavy atom. The van der Waals surface area contributed by atoms with Gasteiger partial charge in [0.25, 0.3) is 6.02 Å². The van der Waals surface area contributed by atoms with E-state index in [4.69, 9.17) is 4.74 Å². The summed E-state index contributed by atoms with van der Waals surface area (Å²) in [6.45, 7) is 2.60. The van der Waals surface area contributed by atoms with Crippen molar-refractivity contribution < 1.29 is 4.74 Å². The van der Waals surface area contributed by atoms with E-state index < -0.39 is 0 Å². The summed E-state index contributed by atoms with van der Waals surface area (Å²) in [5.41, 5.74) is 0.939. The standard InChI is InChI=1S/C11H13BrN2O/c12-6-7-14-8-9-15-11(14)13-10-4-2-1-3-5-10/h1-5H,6-9H2. The molecule has 1 aromatic carbocycles. The molecule has 80 valence electrons. The summed E-state index contributed by atoms with van der Waals surface area (Å²) in [4.78, 5) is 6.60. The van der Waals surface area contributed by atoms with Crippen molar-refractivity contribution in [2.45, 2.75) is 0 Å². The summed E-state index contributed by atoms with van der Waals surface area (Å²) in [5, 5.41) is 0.935. The van der Waals surface area contributed by atoms with Crippen molar-refractivity contribution in [1.82, 2.24) is 4.90 Å². The van der Waals surface area contributed by atoms with Crippen LogP contribution in [0.3, 0.4) is 0 Å². The van der Waals surface area contributed by atoms with E-state index in [1.807, 2.05) is 30.3 Å². The summed E-state index contributed by atoms with van der Waals surface area (Å²) in [7, 11) is 0. The van der Waals surface area contributed by atoms with E-state index >= 15 is 0 Å². The maximum absolute atomic E-state index is 5.48. The number of hydrogen-bond acceptors (Lipinski definition) is 2. The predicted molar refractivity (Wildman–Crippen MR) is 64.9 cm³/mol. The lowest BCUT2D eigenvalue weighted by atomic mass is 10.3. The number of aliphatic imine (C=N–C) groups is 1. The van der Waals surface area contributed by atoms with E-state index in [-0.39, 0.29) is 0 Å². The van der Waals surface area contributed by atoms with Crippen LogP contribution in [-0.4, -0.2) is 35.9 Å². The first kappa shape index (κ1) is 10.5. The van der Waals surface area contributed by atoms with E-state index in [0.717, 1.165) is 36.7 Å². The quantitative estimate of drug-likeness (QED) is 0.787. The molecule has 0 aromatic heterocycles. The van der Waals surface area contributed by atoms with Gasteiger partial charge in [-0.05, 0) is 12.1 Å². The lowest BCUT2D eigenvalue weighted by molar-refractivity contribution is 0.352. The van der Waals surface area contributed by atoms with Gasteiger partial charge in [-0.2, -0.15) is 4.99 Å². The first-order valence-corrected chi connectivity index (χ1v) is 6.10. The van der Waals surface area contributed by atoms with Gasteiger partial charge in [-0.25, -0.2) is 0 Å². The molecule has 0 radical (unpaired) electrons. The molecule has 0 amide bonds.